The molecule has 0 aliphatic carbocycles. The lowest BCUT2D eigenvalue weighted by Gasteiger charge is -2.11. The molecule has 29 heavy (non-hydrogen) atoms. The van der Waals surface area contributed by atoms with Gasteiger partial charge < -0.3 is 0 Å². The van der Waals surface area contributed by atoms with Gasteiger partial charge in [0, 0.05) is 0 Å². The van der Waals surface area contributed by atoms with Gasteiger partial charge in [0.05, 0.1) is 0 Å². The minimum absolute atomic E-state index is 0.995. The van der Waals surface area contributed by atoms with Crippen molar-refractivity contribution in [3.63, 3.8) is 0 Å². The van der Waals surface area contributed by atoms with E-state index in [1.165, 1.54) is 39.8 Å². The first-order chi connectivity index (χ1) is 14.3. The van der Waals surface area contributed by atoms with Crippen LogP contribution in [0.4, 0.5) is 0 Å². The molecule has 0 amide bonds. The fraction of sp³-hybridized carbons (Fsp3) is 0.172. The third kappa shape index (κ3) is 5.93. The molecule has 0 radical (unpaired) electrons. The monoisotopic (exact) mass is 376 g/mol. The molecule has 0 nitrogen and oxygen atoms in total. The Balaban J connectivity index is 1.52. The van der Waals surface area contributed by atoms with Crippen LogP contribution in [-0.2, 0) is 25.7 Å². The Hall–Kier alpha value is -3.12. The summed E-state index contributed by atoms with van der Waals surface area (Å²) in [5.74, 6) is 0. The van der Waals surface area contributed by atoms with E-state index in [9.17, 15) is 0 Å². The molecule has 144 valence electrons. The summed E-state index contributed by atoms with van der Waals surface area (Å²) in [6.07, 6.45) is 5.44. The molecule has 0 saturated carbocycles. The molecule has 0 heterocycles. The molecule has 0 aliphatic heterocycles. The molecule has 0 aliphatic rings. The van der Waals surface area contributed by atoms with Crippen LogP contribution in [0.25, 0.3) is 0 Å². The number of rotatable bonds is 8. The van der Waals surface area contributed by atoms with Gasteiger partial charge >= 0.3 is 0 Å². The molecule has 0 spiro atoms. The summed E-state index contributed by atoms with van der Waals surface area (Å²) in [7, 11) is 0. The zero-order chi connectivity index (χ0) is 19.7. The summed E-state index contributed by atoms with van der Waals surface area (Å²) >= 11 is 0. The fourth-order valence-electron chi connectivity index (χ4n) is 3.99. The third-order valence-electron chi connectivity index (χ3n) is 5.39. The quantitative estimate of drug-likeness (QED) is 0.309. The molecule has 0 aromatic heterocycles. The lowest BCUT2D eigenvalue weighted by Crippen LogP contribution is -1.98. The second-order valence-electron chi connectivity index (χ2n) is 7.82. The Morgan fingerprint density at radius 2 is 0.724 bits per heavy atom. The van der Waals surface area contributed by atoms with E-state index in [4.69, 9.17) is 0 Å². The first-order valence-corrected chi connectivity index (χ1v) is 10.6. The molecule has 4 aromatic rings. The molecule has 0 N–H and O–H groups in total. The standard InChI is InChI=1S/C29H28/c1-4-11-24(12-5-1)17-10-18-27-21-28(19-25-13-6-2-7-14-25)23-29(22-27)20-26-15-8-3-9-16-26/h1-9,11-16,21-23H,10,17-20H2. The summed E-state index contributed by atoms with van der Waals surface area (Å²) in [5.41, 5.74) is 8.47. The Bertz CT molecular complexity index is 942. The number of hydrogen-bond acceptors (Lipinski definition) is 0. The lowest BCUT2D eigenvalue weighted by atomic mass is 9.94. The van der Waals surface area contributed by atoms with Crippen LogP contribution in [0.5, 0.6) is 0 Å². The van der Waals surface area contributed by atoms with Crippen LogP contribution in [0.2, 0.25) is 0 Å². The van der Waals surface area contributed by atoms with E-state index in [1.54, 1.807) is 0 Å². The summed E-state index contributed by atoms with van der Waals surface area (Å²) < 4.78 is 0. The van der Waals surface area contributed by atoms with Gasteiger partial charge in [-0.25, -0.2) is 0 Å². The van der Waals surface area contributed by atoms with Crippen molar-refractivity contribution in [3.8, 4) is 0 Å². The first-order valence-electron chi connectivity index (χ1n) is 10.6. The second-order valence-corrected chi connectivity index (χ2v) is 7.82. The van der Waals surface area contributed by atoms with Crippen molar-refractivity contribution >= 4 is 0 Å². The van der Waals surface area contributed by atoms with E-state index < -0.39 is 0 Å². The van der Waals surface area contributed by atoms with Crippen molar-refractivity contribution in [1.29, 1.82) is 0 Å². The van der Waals surface area contributed by atoms with Crippen LogP contribution in [-0.4, -0.2) is 0 Å². The van der Waals surface area contributed by atoms with Crippen LogP contribution < -0.4 is 0 Å². The molecular formula is C29H28. The van der Waals surface area contributed by atoms with Crippen LogP contribution in [0.15, 0.2) is 109 Å². The molecule has 4 aromatic carbocycles. The average Bonchev–Trinajstić information content (AvgIpc) is 2.76. The van der Waals surface area contributed by atoms with E-state index in [-0.39, 0.29) is 0 Å². The molecule has 0 fully saturated rings. The molecule has 0 bridgehead atoms. The third-order valence-corrected chi connectivity index (χ3v) is 5.39. The topological polar surface area (TPSA) is 0 Å². The number of hydrogen-bond donors (Lipinski definition) is 0. The van der Waals surface area contributed by atoms with Gasteiger partial charge in [-0.05, 0) is 65.5 Å². The van der Waals surface area contributed by atoms with Gasteiger partial charge in [0.15, 0.2) is 0 Å². The maximum atomic E-state index is 2.41. The van der Waals surface area contributed by atoms with E-state index in [2.05, 4.69) is 109 Å². The summed E-state index contributed by atoms with van der Waals surface area (Å²) in [6.45, 7) is 0. The highest BCUT2D eigenvalue weighted by molar-refractivity contribution is 5.37. The normalized spacial score (nSPS) is 10.8. The van der Waals surface area contributed by atoms with Crippen molar-refractivity contribution in [1.82, 2.24) is 0 Å². The summed E-state index contributed by atoms with van der Waals surface area (Å²) in [5, 5.41) is 0. The van der Waals surface area contributed by atoms with Crippen LogP contribution in [0.3, 0.4) is 0 Å². The smallest absolute Gasteiger partial charge is 0.00256 e. The maximum Gasteiger partial charge on any atom is -0.00256 e. The Morgan fingerprint density at radius 3 is 1.21 bits per heavy atom. The van der Waals surface area contributed by atoms with Crippen molar-refractivity contribution in [3.05, 3.63) is 143 Å². The highest BCUT2D eigenvalue weighted by Crippen LogP contribution is 2.19. The van der Waals surface area contributed by atoms with Crippen LogP contribution in [0.1, 0.15) is 39.8 Å². The van der Waals surface area contributed by atoms with Crippen molar-refractivity contribution in [2.24, 2.45) is 0 Å². The van der Waals surface area contributed by atoms with Crippen molar-refractivity contribution < 1.29 is 0 Å². The lowest BCUT2D eigenvalue weighted by molar-refractivity contribution is 0.818. The van der Waals surface area contributed by atoms with Gasteiger partial charge in [0.2, 0.25) is 0 Å². The van der Waals surface area contributed by atoms with Gasteiger partial charge in [-0.3, -0.25) is 0 Å². The van der Waals surface area contributed by atoms with E-state index in [1.807, 2.05) is 0 Å². The first kappa shape index (κ1) is 19.2. The van der Waals surface area contributed by atoms with Crippen LogP contribution >= 0.6 is 0 Å². The second kappa shape index (κ2) is 9.89. The van der Waals surface area contributed by atoms with Crippen molar-refractivity contribution in [2.45, 2.75) is 32.1 Å². The van der Waals surface area contributed by atoms with Crippen molar-refractivity contribution in [2.75, 3.05) is 0 Å². The minimum atomic E-state index is 0.995. The van der Waals surface area contributed by atoms with E-state index >= 15 is 0 Å². The zero-order valence-electron chi connectivity index (χ0n) is 16.9. The molecule has 0 heteroatoms. The Labute approximate surface area is 174 Å². The van der Waals surface area contributed by atoms with E-state index in [0.717, 1.165) is 25.7 Å². The zero-order valence-corrected chi connectivity index (χ0v) is 16.9. The average molecular weight is 377 g/mol. The van der Waals surface area contributed by atoms with Gasteiger partial charge in [-0.2, -0.15) is 0 Å². The molecule has 4 rings (SSSR count). The van der Waals surface area contributed by atoms with Gasteiger partial charge in [0.25, 0.3) is 0 Å². The molecular weight excluding hydrogens is 348 g/mol. The van der Waals surface area contributed by atoms with Gasteiger partial charge in [0.1, 0.15) is 0 Å². The molecule has 0 saturated heterocycles. The highest BCUT2D eigenvalue weighted by Gasteiger charge is 2.05. The Kier molecular flexibility index (Phi) is 6.55. The predicted octanol–water partition coefficient (Wildman–Crippen LogP) is 7.04. The number of aryl methyl sites for hydroxylation is 2. The Morgan fingerprint density at radius 1 is 0.345 bits per heavy atom. The van der Waals surface area contributed by atoms with Gasteiger partial charge in [-0.1, -0.05) is 109 Å². The summed E-state index contributed by atoms with van der Waals surface area (Å²) in [6, 6.07) is 39.6. The molecule has 0 atom stereocenters. The minimum Gasteiger partial charge on any atom is -0.0622 e. The fourth-order valence-corrected chi connectivity index (χ4v) is 3.99. The highest BCUT2D eigenvalue weighted by atomic mass is 14.1. The predicted molar refractivity (Wildman–Crippen MR) is 123 cm³/mol. The van der Waals surface area contributed by atoms with Gasteiger partial charge in [-0.15, -0.1) is 0 Å². The molecule has 0 unspecified atom stereocenters. The SMILES string of the molecule is c1ccc(CCCc2cc(Cc3ccccc3)cc(Cc3ccccc3)c2)cc1. The summed E-state index contributed by atoms with van der Waals surface area (Å²) in [4.78, 5) is 0. The largest absolute Gasteiger partial charge is 0.0622 e. The van der Waals surface area contributed by atoms with Crippen LogP contribution in [0, 0.1) is 0 Å². The number of benzene rings is 4. The van der Waals surface area contributed by atoms with E-state index in [0.29, 0.717) is 0 Å². The maximum absolute atomic E-state index is 2.41.